The lowest BCUT2D eigenvalue weighted by Crippen LogP contribution is -2.17. The van der Waals surface area contributed by atoms with Crippen molar-refractivity contribution < 1.29 is 4.39 Å². The molecule has 0 amide bonds. The van der Waals surface area contributed by atoms with E-state index in [1.54, 1.807) is 6.92 Å². The molecule has 1 aromatic rings. The van der Waals surface area contributed by atoms with Gasteiger partial charge in [0.1, 0.15) is 11.5 Å². The summed E-state index contributed by atoms with van der Waals surface area (Å²) in [6.07, 6.45) is 0. The number of hydrogen-bond acceptors (Lipinski definition) is 2. The Labute approximate surface area is 71.8 Å². The number of halogens is 1. The van der Waals surface area contributed by atoms with Crippen LogP contribution >= 0.6 is 0 Å². The third-order valence-electron chi connectivity index (χ3n) is 1.58. The van der Waals surface area contributed by atoms with Gasteiger partial charge in [-0.25, -0.2) is 4.39 Å². The Kier molecular flexibility index (Phi) is 2.13. The summed E-state index contributed by atoms with van der Waals surface area (Å²) in [5, 5.41) is 7.64. The van der Waals surface area contributed by atoms with E-state index in [0.29, 0.717) is 11.4 Å². The van der Waals surface area contributed by atoms with Crippen molar-refractivity contribution in [3.05, 3.63) is 23.3 Å². The van der Waals surface area contributed by atoms with Gasteiger partial charge < -0.3 is 0 Å². The first-order chi connectivity index (χ1) is 5.41. The van der Waals surface area contributed by atoms with E-state index in [0.717, 1.165) is 0 Å². The Morgan fingerprint density at radius 2 is 1.83 bits per heavy atom. The molecule has 1 heterocycles. The normalized spacial score (nSPS) is 11.8. The fraction of sp³-hybridized carbons (Fsp3) is 0.556. The summed E-state index contributed by atoms with van der Waals surface area (Å²) >= 11 is 0. The molecule has 12 heavy (non-hydrogen) atoms. The summed E-state index contributed by atoms with van der Waals surface area (Å²) in [6.45, 7) is 7.46. The number of nitrogens with zero attached hydrogens (tertiary/aromatic N) is 2. The summed E-state index contributed by atoms with van der Waals surface area (Å²) in [7, 11) is 0. The standard InChI is InChI=1S/C9H13FN2/c1-6-5-7(10)8(12-11-6)9(2,3)4/h5H,1-4H3. The van der Waals surface area contributed by atoms with Crippen LogP contribution in [0.4, 0.5) is 4.39 Å². The zero-order chi connectivity index (χ0) is 9.35. The molecule has 0 radical (unpaired) electrons. The lowest BCUT2D eigenvalue weighted by Gasteiger charge is -2.17. The predicted molar refractivity (Wildman–Crippen MR) is 45.4 cm³/mol. The van der Waals surface area contributed by atoms with Crippen LogP contribution in [0.2, 0.25) is 0 Å². The Morgan fingerprint density at radius 1 is 1.25 bits per heavy atom. The summed E-state index contributed by atoms with van der Waals surface area (Å²) < 4.78 is 13.2. The molecule has 1 rings (SSSR count). The van der Waals surface area contributed by atoms with Gasteiger partial charge in [-0.2, -0.15) is 10.2 Å². The van der Waals surface area contributed by atoms with Gasteiger partial charge in [0.2, 0.25) is 0 Å². The first-order valence-corrected chi connectivity index (χ1v) is 3.91. The lowest BCUT2D eigenvalue weighted by molar-refractivity contribution is 0.491. The maximum atomic E-state index is 13.2. The van der Waals surface area contributed by atoms with Gasteiger partial charge in [-0.05, 0) is 13.0 Å². The van der Waals surface area contributed by atoms with Crippen LogP contribution in [0.1, 0.15) is 32.2 Å². The highest BCUT2D eigenvalue weighted by atomic mass is 19.1. The van der Waals surface area contributed by atoms with Crippen molar-refractivity contribution >= 4 is 0 Å². The van der Waals surface area contributed by atoms with Gasteiger partial charge in [-0.15, -0.1) is 0 Å². The maximum Gasteiger partial charge on any atom is 0.148 e. The first kappa shape index (κ1) is 9.10. The van der Waals surface area contributed by atoms with Crippen molar-refractivity contribution in [2.75, 3.05) is 0 Å². The zero-order valence-corrected chi connectivity index (χ0v) is 7.85. The Hall–Kier alpha value is -0.990. The quantitative estimate of drug-likeness (QED) is 0.593. The minimum absolute atomic E-state index is 0.269. The van der Waals surface area contributed by atoms with Crippen LogP contribution in [0.5, 0.6) is 0 Å². The predicted octanol–water partition coefficient (Wildman–Crippen LogP) is 2.22. The number of aryl methyl sites for hydroxylation is 1. The van der Waals surface area contributed by atoms with Crippen LogP contribution in [-0.2, 0) is 5.41 Å². The van der Waals surface area contributed by atoms with Crippen LogP contribution in [-0.4, -0.2) is 10.2 Å². The van der Waals surface area contributed by atoms with Crippen LogP contribution in [0.25, 0.3) is 0 Å². The third kappa shape index (κ3) is 1.78. The molecule has 0 aliphatic carbocycles. The fourth-order valence-electron chi connectivity index (χ4n) is 0.965. The van der Waals surface area contributed by atoms with Crippen LogP contribution < -0.4 is 0 Å². The van der Waals surface area contributed by atoms with E-state index in [-0.39, 0.29) is 11.2 Å². The lowest BCUT2D eigenvalue weighted by atomic mass is 9.91. The Balaban J connectivity index is 3.19. The smallest absolute Gasteiger partial charge is 0.148 e. The molecule has 0 atom stereocenters. The highest BCUT2D eigenvalue weighted by Crippen LogP contribution is 2.21. The monoisotopic (exact) mass is 168 g/mol. The first-order valence-electron chi connectivity index (χ1n) is 3.91. The summed E-state index contributed by atoms with van der Waals surface area (Å²) in [6, 6.07) is 1.41. The minimum atomic E-state index is -0.273. The van der Waals surface area contributed by atoms with Crippen LogP contribution in [0.15, 0.2) is 6.07 Å². The molecule has 0 saturated heterocycles. The molecule has 2 nitrogen and oxygen atoms in total. The molecule has 3 heteroatoms. The summed E-state index contributed by atoms with van der Waals surface area (Å²) in [4.78, 5) is 0. The highest BCUT2D eigenvalue weighted by Gasteiger charge is 2.20. The Morgan fingerprint density at radius 3 is 2.25 bits per heavy atom. The van der Waals surface area contributed by atoms with Crippen LogP contribution in [0.3, 0.4) is 0 Å². The van der Waals surface area contributed by atoms with Crippen molar-refractivity contribution in [3.8, 4) is 0 Å². The molecule has 0 bridgehead atoms. The second kappa shape index (κ2) is 2.81. The summed E-state index contributed by atoms with van der Waals surface area (Å²) in [5.41, 5.74) is 0.763. The maximum absolute atomic E-state index is 13.2. The molecule has 0 spiro atoms. The summed E-state index contributed by atoms with van der Waals surface area (Å²) in [5.74, 6) is -0.269. The van der Waals surface area contributed by atoms with Gasteiger partial charge in [0.15, 0.2) is 0 Å². The van der Waals surface area contributed by atoms with E-state index in [2.05, 4.69) is 10.2 Å². The molecule has 0 aromatic carbocycles. The van der Waals surface area contributed by atoms with Crippen LogP contribution in [0, 0.1) is 12.7 Å². The highest BCUT2D eigenvalue weighted by molar-refractivity contribution is 5.15. The molecule has 0 aliphatic rings. The van der Waals surface area contributed by atoms with Crippen molar-refractivity contribution in [2.45, 2.75) is 33.1 Å². The van der Waals surface area contributed by atoms with E-state index in [4.69, 9.17) is 0 Å². The van der Waals surface area contributed by atoms with Gasteiger partial charge in [0.25, 0.3) is 0 Å². The molecule has 0 saturated carbocycles. The second-order valence-electron chi connectivity index (χ2n) is 3.93. The second-order valence-corrected chi connectivity index (χ2v) is 3.93. The van der Waals surface area contributed by atoms with Crippen molar-refractivity contribution in [3.63, 3.8) is 0 Å². The number of hydrogen-bond donors (Lipinski definition) is 0. The van der Waals surface area contributed by atoms with Gasteiger partial charge in [0.05, 0.1) is 5.69 Å². The molecule has 0 fully saturated rings. The largest absolute Gasteiger partial charge is 0.205 e. The van der Waals surface area contributed by atoms with Crippen molar-refractivity contribution in [1.29, 1.82) is 0 Å². The molecule has 0 unspecified atom stereocenters. The van der Waals surface area contributed by atoms with E-state index >= 15 is 0 Å². The molecule has 1 aromatic heterocycles. The zero-order valence-electron chi connectivity index (χ0n) is 7.85. The SMILES string of the molecule is Cc1cc(F)c(C(C)(C)C)nn1. The minimum Gasteiger partial charge on any atom is -0.205 e. The van der Waals surface area contributed by atoms with Crippen molar-refractivity contribution in [1.82, 2.24) is 10.2 Å². The molecular formula is C9H13FN2. The average Bonchev–Trinajstić information content (AvgIpc) is 1.83. The van der Waals surface area contributed by atoms with Crippen molar-refractivity contribution in [2.24, 2.45) is 0 Å². The molecule has 66 valence electrons. The topological polar surface area (TPSA) is 25.8 Å². The Bertz CT molecular complexity index is 289. The average molecular weight is 168 g/mol. The number of rotatable bonds is 0. The third-order valence-corrected chi connectivity index (χ3v) is 1.58. The van der Waals surface area contributed by atoms with Gasteiger partial charge in [-0.1, -0.05) is 20.8 Å². The van der Waals surface area contributed by atoms with Gasteiger partial charge in [-0.3, -0.25) is 0 Å². The van der Waals surface area contributed by atoms with E-state index in [1.807, 2.05) is 20.8 Å². The fourth-order valence-corrected chi connectivity index (χ4v) is 0.965. The molecule has 0 aliphatic heterocycles. The van der Waals surface area contributed by atoms with E-state index in [1.165, 1.54) is 6.07 Å². The van der Waals surface area contributed by atoms with E-state index in [9.17, 15) is 4.39 Å². The number of aromatic nitrogens is 2. The molecular weight excluding hydrogens is 155 g/mol. The van der Waals surface area contributed by atoms with Gasteiger partial charge in [0, 0.05) is 5.41 Å². The van der Waals surface area contributed by atoms with Gasteiger partial charge >= 0.3 is 0 Å². The molecule has 0 N–H and O–H groups in total. The van der Waals surface area contributed by atoms with E-state index < -0.39 is 0 Å².